The molecule has 0 radical (unpaired) electrons. The minimum absolute atomic E-state index is 0.0847. The number of methoxy groups -OCH3 is 1. The van der Waals surface area contributed by atoms with E-state index in [4.69, 9.17) is 14.2 Å². The van der Waals surface area contributed by atoms with E-state index in [0.717, 1.165) is 0 Å². The fourth-order valence-corrected chi connectivity index (χ4v) is 2.74. The summed E-state index contributed by atoms with van der Waals surface area (Å²) >= 11 is 0. The molecular weight excluding hydrogens is 336 g/mol. The number of ether oxygens (including phenoxy) is 3. The number of para-hydroxylation sites is 2. The molecular formula is C18H20N4O4. The van der Waals surface area contributed by atoms with Crippen LogP contribution >= 0.6 is 0 Å². The maximum Gasteiger partial charge on any atom is 0.329 e. The Morgan fingerprint density at radius 2 is 1.96 bits per heavy atom. The minimum Gasteiger partial charge on any atom is -0.462 e. The van der Waals surface area contributed by atoms with Crippen molar-refractivity contribution in [2.45, 2.75) is 5.92 Å². The lowest BCUT2D eigenvalue weighted by atomic mass is 10.1. The lowest BCUT2D eigenvalue weighted by Crippen LogP contribution is -2.38. The van der Waals surface area contributed by atoms with Crippen molar-refractivity contribution in [1.82, 2.24) is 9.97 Å². The second-order valence-electron chi connectivity index (χ2n) is 5.74. The van der Waals surface area contributed by atoms with E-state index in [1.165, 1.54) is 7.11 Å². The van der Waals surface area contributed by atoms with Crippen molar-refractivity contribution in [3.63, 3.8) is 0 Å². The molecule has 3 rings (SSSR count). The van der Waals surface area contributed by atoms with Crippen LogP contribution in [0.3, 0.4) is 0 Å². The van der Waals surface area contributed by atoms with Crippen LogP contribution in [0.15, 0.2) is 24.3 Å². The van der Waals surface area contributed by atoms with E-state index in [1.54, 1.807) is 6.07 Å². The van der Waals surface area contributed by atoms with Gasteiger partial charge in [0.2, 0.25) is 0 Å². The molecule has 0 saturated carbocycles. The average molecular weight is 356 g/mol. The van der Waals surface area contributed by atoms with E-state index in [0.29, 0.717) is 48.8 Å². The van der Waals surface area contributed by atoms with E-state index in [1.807, 2.05) is 29.2 Å². The van der Waals surface area contributed by atoms with Gasteiger partial charge in [-0.15, -0.1) is 0 Å². The average Bonchev–Trinajstić information content (AvgIpc) is 2.69. The van der Waals surface area contributed by atoms with Crippen LogP contribution in [0.4, 0.5) is 5.82 Å². The van der Waals surface area contributed by atoms with Crippen LogP contribution in [-0.2, 0) is 19.0 Å². The molecule has 26 heavy (non-hydrogen) atoms. The van der Waals surface area contributed by atoms with Gasteiger partial charge in [-0.05, 0) is 12.1 Å². The fraction of sp³-hybridized carbons (Fsp3) is 0.444. The molecule has 136 valence electrons. The largest absolute Gasteiger partial charge is 0.462 e. The van der Waals surface area contributed by atoms with Gasteiger partial charge in [0.1, 0.15) is 12.3 Å². The summed E-state index contributed by atoms with van der Waals surface area (Å²) in [6, 6.07) is 9.39. The number of fused-ring (bicyclic) bond motifs is 1. The molecule has 1 saturated heterocycles. The molecule has 0 aliphatic carbocycles. The minimum atomic E-state index is -1.15. The highest BCUT2D eigenvalue weighted by atomic mass is 16.6. The molecule has 1 aromatic heterocycles. The Bertz CT molecular complexity index is 814. The van der Waals surface area contributed by atoms with Crippen molar-refractivity contribution >= 4 is 22.8 Å². The van der Waals surface area contributed by atoms with E-state index in [9.17, 15) is 10.1 Å². The summed E-state index contributed by atoms with van der Waals surface area (Å²) in [5.41, 5.74) is 1.65. The number of morpholine rings is 1. The number of nitriles is 1. The number of hydrogen-bond donors (Lipinski definition) is 0. The van der Waals surface area contributed by atoms with Crippen LogP contribution in [-0.4, -0.2) is 62.6 Å². The Morgan fingerprint density at radius 3 is 2.62 bits per heavy atom. The molecule has 1 fully saturated rings. The highest BCUT2D eigenvalue weighted by Gasteiger charge is 2.30. The molecule has 1 aliphatic rings. The van der Waals surface area contributed by atoms with Gasteiger partial charge in [0.15, 0.2) is 11.7 Å². The molecule has 0 unspecified atom stereocenters. The summed E-state index contributed by atoms with van der Waals surface area (Å²) in [5, 5.41) is 9.61. The predicted molar refractivity (Wildman–Crippen MR) is 93.8 cm³/mol. The highest BCUT2D eigenvalue weighted by Crippen LogP contribution is 2.28. The van der Waals surface area contributed by atoms with E-state index < -0.39 is 11.9 Å². The third kappa shape index (κ3) is 3.90. The van der Waals surface area contributed by atoms with E-state index >= 15 is 0 Å². The number of carbonyl (C=O) groups excluding carboxylic acids is 1. The molecule has 2 aromatic rings. The molecule has 0 N–H and O–H groups in total. The third-order valence-electron chi connectivity index (χ3n) is 4.06. The van der Waals surface area contributed by atoms with Gasteiger partial charge in [0.05, 0.1) is 36.9 Å². The van der Waals surface area contributed by atoms with Gasteiger partial charge < -0.3 is 19.1 Å². The second kappa shape index (κ2) is 8.56. The first-order chi connectivity index (χ1) is 12.7. The molecule has 0 spiro atoms. The van der Waals surface area contributed by atoms with Crippen LogP contribution < -0.4 is 4.90 Å². The molecule has 1 atom stereocenters. The van der Waals surface area contributed by atoms with Crippen molar-refractivity contribution in [3.05, 3.63) is 30.0 Å². The smallest absolute Gasteiger partial charge is 0.329 e. The number of nitrogens with zero attached hydrogens (tertiary/aromatic N) is 4. The van der Waals surface area contributed by atoms with Crippen LogP contribution in [0.1, 0.15) is 11.6 Å². The highest BCUT2D eigenvalue weighted by molar-refractivity contribution is 5.85. The van der Waals surface area contributed by atoms with Gasteiger partial charge in [-0.3, -0.25) is 4.79 Å². The molecule has 0 amide bonds. The first-order valence-electron chi connectivity index (χ1n) is 8.39. The summed E-state index contributed by atoms with van der Waals surface area (Å²) in [6.07, 6.45) is 0. The number of aromatic nitrogens is 2. The van der Waals surface area contributed by atoms with Gasteiger partial charge in [0.25, 0.3) is 0 Å². The second-order valence-corrected chi connectivity index (χ2v) is 5.74. The first-order valence-corrected chi connectivity index (χ1v) is 8.39. The topological polar surface area (TPSA) is 97.6 Å². The van der Waals surface area contributed by atoms with Crippen molar-refractivity contribution in [2.24, 2.45) is 0 Å². The van der Waals surface area contributed by atoms with Crippen molar-refractivity contribution in [3.8, 4) is 6.07 Å². The summed E-state index contributed by atoms with van der Waals surface area (Å²) < 4.78 is 15.4. The lowest BCUT2D eigenvalue weighted by Gasteiger charge is -2.29. The third-order valence-corrected chi connectivity index (χ3v) is 4.06. The van der Waals surface area contributed by atoms with Crippen LogP contribution in [0.2, 0.25) is 0 Å². The number of anilines is 1. The van der Waals surface area contributed by atoms with Gasteiger partial charge >= 0.3 is 5.97 Å². The van der Waals surface area contributed by atoms with Gasteiger partial charge in [0, 0.05) is 20.2 Å². The predicted octanol–water partition coefficient (Wildman–Crippen LogP) is 1.26. The van der Waals surface area contributed by atoms with Crippen LogP contribution in [0.5, 0.6) is 0 Å². The Balaban J connectivity index is 2.00. The zero-order chi connectivity index (χ0) is 18.4. The van der Waals surface area contributed by atoms with Crippen molar-refractivity contribution in [1.29, 1.82) is 5.26 Å². The maximum atomic E-state index is 12.4. The quantitative estimate of drug-likeness (QED) is 0.564. The molecule has 2 heterocycles. The number of rotatable bonds is 6. The maximum absolute atomic E-state index is 12.4. The van der Waals surface area contributed by atoms with Crippen LogP contribution in [0, 0.1) is 11.3 Å². The molecule has 8 nitrogen and oxygen atoms in total. The lowest BCUT2D eigenvalue weighted by molar-refractivity contribution is -0.145. The van der Waals surface area contributed by atoms with E-state index in [2.05, 4.69) is 9.97 Å². The van der Waals surface area contributed by atoms with Gasteiger partial charge in [-0.2, -0.15) is 5.26 Å². The number of carbonyl (C=O) groups is 1. The number of esters is 1. The standard InChI is InChI=1S/C18H20N4O4/c1-24-10-11-26-18(23)13(12-19)16-17(22-6-8-25-9-7-22)21-15-5-3-2-4-14(15)20-16/h2-5,13H,6-11H2,1H3/t13-/m0/s1. The molecule has 0 bridgehead atoms. The van der Waals surface area contributed by atoms with Crippen molar-refractivity contribution in [2.75, 3.05) is 51.5 Å². The number of hydrogen-bond acceptors (Lipinski definition) is 8. The van der Waals surface area contributed by atoms with Crippen molar-refractivity contribution < 1.29 is 19.0 Å². The van der Waals surface area contributed by atoms with Crippen LogP contribution in [0.25, 0.3) is 11.0 Å². The Hall–Kier alpha value is -2.76. The van der Waals surface area contributed by atoms with Gasteiger partial charge in [-0.1, -0.05) is 12.1 Å². The first kappa shape index (κ1) is 18.0. The SMILES string of the molecule is COCCOC(=O)[C@@H](C#N)c1nc2ccccc2nc1N1CCOCC1. The monoisotopic (exact) mass is 356 g/mol. The Labute approximate surface area is 151 Å². The Morgan fingerprint density at radius 1 is 1.27 bits per heavy atom. The zero-order valence-corrected chi connectivity index (χ0v) is 14.6. The van der Waals surface area contributed by atoms with Gasteiger partial charge in [-0.25, -0.2) is 9.97 Å². The summed E-state index contributed by atoms with van der Waals surface area (Å²) in [6.45, 7) is 2.71. The normalized spacial score (nSPS) is 15.5. The number of benzene rings is 1. The Kier molecular flexibility index (Phi) is 5.94. The summed E-state index contributed by atoms with van der Waals surface area (Å²) in [7, 11) is 1.51. The van der Waals surface area contributed by atoms with E-state index in [-0.39, 0.29) is 13.2 Å². The molecule has 1 aromatic carbocycles. The molecule has 1 aliphatic heterocycles. The summed E-state index contributed by atoms with van der Waals surface area (Å²) in [5.74, 6) is -1.27. The fourth-order valence-electron chi connectivity index (χ4n) is 2.74. The summed E-state index contributed by atoms with van der Waals surface area (Å²) in [4.78, 5) is 23.6. The zero-order valence-electron chi connectivity index (χ0n) is 14.6. The molecule has 8 heteroatoms.